The monoisotopic (exact) mass is 180 g/mol. The number of carbonyl (C=O) groups is 1. The van der Waals surface area contributed by atoms with Gasteiger partial charge in [0, 0.05) is 12.3 Å². The van der Waals surface area contributed by atoms with Crippen LogP contribution >= 0.6 is 0 Å². The van der Waals surface area contributed by atoms with Crippen LogP contribution in [-0.2, 0) is 4.79 Å². The molecule has 1 heteroatoms. The molecule has 0 heterocycles. The zero-order valence-corrected chi connectivity index (χ0v) is 8.43. The van der Waals surface area contributed by atoms with Crippen molar-refractivity contribution in [1.29, 1.82) is 0 Å². The number of carbonyl (C=O) groups excluding carboxylic acids is 1. The first-order chi connectivity index (χ1) is 6.36. The van der Waals surface area contributed by atoms with Gasteiger partial charge in [0.15, 0.2) is 0 Å². The quantitative estimate of drug-likeness (QED) is 0.637. The normalized spacial score (nSPS) is 31.1. The molecule has 0 spiro atoms. The molecule has 2 aliphatic rings. The van der Waals surface area contributed by atoms with Crippen LogP contribution in [-0.4, -0.2) is 5.78 Å². The van der Waals surface area contributed by atoms with Crippen LogP contribution in [0.2, 0.25) is 0 Å². The molecule has 2 rings (SSSR count). The molecule has 0 N–H and O–H groups in total. The van der Waals surface area contributed by atoms with Gasteiger partial charge in [0.1, 0.15) is 5.78 Å². The molecule has 0 saturated heterocycles. The molecule has 0 bridgehead atoms. The maximum atomic E-state index is 11.4. The fourth-order valence-electron chi connectivity index (χ4n) is 2.96. The van der Waals surface area contributed by atoms with Crippen molar-refractivity contribution in [1.82, 2.24) is 0 Å². The average Bonchev–Trinajstić information content (AvgIpc) is 2.54. The molecule has 2 saturated carbocycles. The molecule has 1 unspecified atom stereocenters. The van der Waals surface area contributed by atoms with Crippen molar-refractivity contribution >= 4 is 5.78 Å². The Morgan fingerprint density at radius 3 is 2.38 bits per heavy atom. The van der Waals surface area contributed by atoms with Crippen LogP contribution in [0, 0.1) is 11.8 Å². The Morgan fingerprint density at radius 2 is 1.77 bits per heavy atom. The predicted octanol–water partition coefficient (Wildman–Crippen LogP) is 3.33. The van der Waals surface area contributed by atoms with Crippen molar-refractivity contribution in [2.45, 2.75) is 57.8 Å². The zero-order chi connectivity index (χ0) is 9.10. The van der Waals surface area contributed by atoms with E-state index in [2.05, 4.69) is 0 Å². The number of Topliss-reactive ketones (excluding diaryl/α,β-unsaturated/α-hetero) is 1. The lowest BCUT2D eigenvalue weighted by atomic mass is 9.82. The molecule has 1 atom stereocenters. The van der Waals surface area contributed by atoms with E-state index in [-0.39, 0.29) is 0 Å². The second-order valence-corrected chi connectivity index (χ2v) is 4.80. The van der Waals surface area contributed by atoms with Gasteiger partial charge in [0.25, 0.3) is 0 Å². The van der Waals surface area contributed by atoms with E-state index >= 15 is 0 Å². The fraction of sp³-hybridized carbons (Fsp3) is 0.917. The van der Waals surface area contributed by atoms with E-state index in [9.17, 15) is 4.79 Å². The van der Waals surface area contributed by atoms with Gasteiger partial charge in [-0.1, -0.05) is 32.1 Å². The first-order valence-corrected chi connectivity index (χ1v) is 5.89. The van der Waals surface area contributed by atoms with Crippen molar-refractivity contribution in [3.63, 3.8) is 0 Å². The standard InChI is InChI=1S/C12H20O/c13-12-8-4-7-11(12)9-10-5-2-1-3-6-10/h10-11H,1-9H2. The van der Waals surface area contributed by atoms with Gasteiger partial charge in [-0.15, -0.1) is 0 Å². The third-order valence-electron chi connectivity index (χ3n) is 3.77. The molecule has 0 aliphatic heterocycles. The van der Waals surface area contributed by atoms with Crippen LogP contribution in [0.3, 0.4) is 0 Å². The number of rotatable bonds is 2. The Bertz CT molecular complexity index is 180. The van der Waals surface area contributed by atoms with Crippen LogP contribution < -0.4 is 0 Å². The molecular weight excluding hydrogens is 160 g/mol. The fourth-order valence-corrected chi connectivity index (χ4v) is 2.96. The predicted molar refractivity (Wildman–Crippen MR) is 53.5 cm³/mol. The Balaban J connectivity index is 1.79. The lowest BCUT2D eigenvalue weighted by Gasteiger charge is -2.23. The van der Waals surface area contributed by atoms with Crippen LogP contribution in [0.15, 0.2) is 0 Å². The first kappa shape index (κ1) is 9.23. The molecule has 0 amide bonds. The smallest absolute Gasteiger partial charge is 0.135 e. The topological polar surface area (TPSA) is 17.1 Å². The third kappa shape index (κ3) is 2.32. The van der Waals surface area contributed by atoms with E-state index in [1.54, 1.807) is 0 Å². The lowest BCUT2D eigenvalue weighted by Crippen LogP contribution is -2.15. The van der Waals surface area contributed by atoms with Gasteiger partial charge < -0.3 is 0 Å². The molecule has 13 heavy (non-hydrogen) atoms. The van der Waals surface area contributed by atoms with Gasteiger partial charge in [-0.2, -0.15) is 0 Å². The summed E-state index contributed by atoms with van der Waals surface area (Å²) in [5.74, 6) is 1.91. The van der Waals surface area contributed by atoms with Crippen LogP contribution in [0.1, 0.15) is 57.8 Å². The van der Waals surface area contributed by atoms with Gasteiger partial charge in [0.2, 0.25) is 0 Å². The maximum absolute atomic E-state index is 11.4. The Hall–Kier alpha value is -0.330. The Labute approximate surface area is 80.9 Å². The number of hydrogen-bond donors (Lipinski definition) is 0. The van der Waals surface area contributed by atoms with Crippen LogP contribution in [0.4, 0.5) is 0 Å². The maximum Gasteiger partial charge on any atom is 0.135 e. The molecule has 2 fully saturated rings. The summed E-state index contributed by atoms with van der Waals surface area (Å²) in [5.41, 5.74) is 0. The van der Waals surface area contributed by atoms with Crippen molar-refractivity contribution in [3.8, 4) is 0 Å². The van der Waals surface area contributed by atoms with E-state index < -0.39 is 0 Å². The lowest BCUT2D eigenvalue weighted by molar-refractivity contribution is -0.121. The van der Waals surface area contributed by atoms with E-state index in [4.69, 9.17) is 0 Å². The zero-order valence-electron chi connectivity index (χ0n) is 8.43. The number of ketones is 1. The summed E-state index contributed by atoms with van der Waals surface area (Å²) in [6, 6.07) is 0. The minimum atomic E-state index is 0.461. The summed E-state index contributed by atoms with van der Waals surface area (Å²) in [6.45, 7) is 0. The number of hydrogen-bond acceptors (Lipinski definition) is 1. The summed E-state index contributed by atoms with van der Waals surface area (Å²) in [5, 5.41) is 0. The highest BCUT2D eigenvalue weighted by Crippen LogP contribution is 2.34. The van der Waals surface area contributed by atoms with Crippen molar-refractivity contribution in [3.05, 3.63) is 0 Å². The highest BCUT2D eigenvalue weighted by Gasteiger charge is 2.27. The van der Waals surface area contributed by atoms with Crippen molar-refractivity contribution < 1.29 is 4.79 Å². The third-order valence-corrected chi connectivity index (χ3v) is 3.77. The van der Waals surface area contributed by atoms with E-state index in [1.807, 2.05) is 0 Å². The summed E-state index contributed by atoms with van der Waals surface area (Å²) in [6.07, 6.45) is 11.5. The van der Waals surface area contributed by atoms with Crippen LogP contribution in [0.5, 0.6) is 0 Å². The SMILES string of the molecule is O=C1CCCC1CC1CCCCC1. The van der Waals surface area contributed by atoms with Crippen LogP contribution in [0.25, 0.3) is 0 Å². The van der Waals surface area contributed by atoms with Crippen molar-refractivity contribution in [2.75, 3.05) is 0 Å². The molecular formula is C12H20O. The van der Waals surface area contributed by atoms with Gasteiger partial charge in [0.05, 0.1) is 0 Å². The second kappa shape index (κ2) is 4.26. The highest BCUT2D eigenvalue weighted by atomic mass is 16.1. The minimum absolute atomic E-state index is 0.461. The molecule has 0 aromatic heterocycles. The molecule has 2 aliphatic carbocycles. The second-order valence-electron chi connectivity index (χ2n) is 4.80. The van der Waals surface area contributed by atoms with E-state index in [0.29, 0.717) is 11.7 Å². The molecule has 0 aromatic carbocycles. The summed E-state index contributed by atoms with van der Waals surface area (Å²) in [4.78, 5) is 11.4. The minimum Gasteiger partial charge on any atom is -0.299 e. The Morgan fingerprint density at radius 1 is 1.00 bits per heavy atom. The van der Waals surface area contributed by atoms with Gasteiger partial charge in [-0.25, -0.2) is 0 Å². The van der Waals surface area contributed by atoms with E-state index in [0.717, 1.165) is 18.8 Å². The Kier molecular flexibility index (Phi) is 3.02. The van der Waals surface area contributed by atoms with Gasteiger partial charge >= 0.3 is 0 Å². The summed E-state index contributed by atoms with van der Waals surface area (Å²) < 4.78 is 0. The van der Waals surface area contributed by atoms with Gasteiger partial charge in [-0.3, -0.25) is 4.79 Å². The largest absolute Gasteiger partial charge is 0.299 e. The van der Waals surface area contributed by atoms with E-state index in [1.165, 1.54) is 44.9 Å². The summed E-state index contributed by atoms with van der Waals surface area (Å²) in [7, 11) is 0. The van der Waals surface area contributed by atoms with Crippen molar-refractivity contribution in [2.24, 2.45) is 11.8 Å². The molecule has 0 radical (unpaired) electrons. The van der Waals surface area contributed by atoms with Gasteiger partial charge in [-0.05, 0) is 25.2 Å². The molecule has 1 nitrogen and oxygen atoms in total. The highest BCUT2D eigenvalue weighted by molar-refractivity contribution is 5.82. The first-order valence-electron chi connectivity index (χ1n) is 5.89. The average molecular weight is 180 g/mol. The summed E-state index contributed by atoms with van der Waals surface area (Å²) >= 11 is 0. The molecule has 74 valence electrons. The molecule has 0 aromatic rings.